The minimum atomic E-state index is -0.312. The first-order valence-corrected chi connectivity index (χ1v) is 7.17. The number of esters is 1. The summed E-state index contributed by atoms with van der Waals surface area (Å²) < 4.78 is 10.2. The average Bonchev–Trinajstić information content (AvgIpc) is 2.99. The molecule has 4 nitrogen and oxygen atoms in total. The number of carbonyl (C=O) groups is 1. The quantitative estimate of drug-likeness (QED) is 0.811. The Hall–Kier alpha value is -1.39. The first kappa shape index (κ1) is 15.0. The number of rotatable bonds is 6. The molecule has 0 aliphatic carbocycles. The minimum absolute atomic E-state index is 0.150. The van der Waals surface area contributed by atoms with Crippen molar-refractivity contribution in [1.29, 1.82) is 0 Å². The lowest BCUT2D eigenvalue weighted by molar-refractivity contribution is -0.142. The molecule has 0 bridgehead atoms. The van der Waals surface area contributed by atoms with Crippen molar-refractivity contribution >= 4 is 5.97 Å². The van der Waals surface area contributed by atoms with E-state index in [0.717, 1.165) is 26.1 Å². The monoisotopic (exact) mass is 277 g/mol. The number of ether oxygens (including phenoxy) is 2. The molecule has 1 aromatic rings. The molecule has 3 atom stereocenters. The van der Waals surface area contributed by atoms with Crippen molar-refractivity contribution in [3.63, 3.8) is 0 Å². The van der Waals surface area contributed by atoms with Gasteiger partial charge in [0, 0.05) is 19.3 Å². The van der Waals surface area contributed by atoms with Crippen molar-refractivity contribution in [2.45, 2.75) is 31.8 Å². The summed E-state index contributed by atoms with van der Waals surface area (Å²) in [6, 6.07) is 10.1. The maximum Gasteiger partial charge on any atom is 0.322 e. The van der Waals surface area contributed by atoms with Crippen LogP contribution in [0.3, 0.4) is 0 Å². The largest absolute Gasteiger partial charge is 0.468 e. The third-order valence-electron chi connectivity index (χ3n) is 3.80. The van der Waals surface area contributed by atoms with Gasteiger partial charge in [-0.05, 0) is 31.2 Å². The Morgan fingerprint density at radius 3 is 2.80 bits per heavy atom. The van der Waals surface area contributed by atoms with Gasteiger partial charge in [0.1, 0.15) is 6.04 Å². The van der Waals surface area contributed by atoms with Crippen LogP contribution in [0.5, 0.6) is 0 Å². The molecule has 0 saturated carbocycles. The first-order valence-electron chi connectivity index (χ1n) is 7.17. The van der Waals surface area contributed by atoms with Crippen molar-refractivity contribution < 1.29 is 14.3 Å². The fraction of sp³-hybridized carbons (Fsp3) is 0.562. The molecule has 1 saturated heterocycles. The van der Waals surface area contributed by atoms with Gasteiger partial charge in [0.05, 0.1) is 7.11 Å². The Morgan fingerprint density at radius 2 is 2.20 bits per heavy atom. The lowest BCUT2D eigenvalue weighted by Crippen LogP contribution is -2.38. The zero-order valence-electron chi connectivity index (χ0n) is 12.2. The van der Waals surface area contributed by atoms with E-state index in [-0.39, 0.29) is 18.1 Å². The first-order chi connectivity index (χ1) is 9.70. The Kier molecular flexibility index (Phi) is 5.56. The zero-order chi connectivity index (χ0) is 14.4. The van der Waals surface area contributed by atoms with E-state index in [1.807, 2.05) is 25.1 Å². The molecule has 0 spiro atoms. The molecule has 1 heterocycles. The summed E-state index contributed by atoms with van der Waals surface area (Å²) >= 11 is 0. The van der Waals surface area contributed by atoms with Gasteiger partial charge in [-0.2, -0.15) is 0 Å². The molecule has 0 aromatic heterocycles. The van der Waals surface area contributed by atoms with Crippen LogP contribution in [0.15, 0.2) is 30.3 Å². The lowest BCUT2D eigenvalue weighted by Gasteiger charge is -2.24. The maximum absolute atomic E-state index is 11.6. The Balaban J connectivity index is 2.05. The fourth-order valence-electron chi connectivity index (χ4n) is 2.63. The summed E-state index contributed by atoms with van der Waals surface area (Å²) in [7, 11) is 1.42. The molecule has 1 aromatic carbocycles. The number of hydrogen-bond donors (Lipinski definition) is 1. The molecule has 20 heavy (non-hydrogen) atoms. The van der Waals surface area contributed by atoms with Crippen molar-refractivity contribution in [3.05, 3.63) is 35.9 Å². The van der Waals surface area contributed by atoms with Gasteiger partial charge in [0.2, 0.25) is 0 Å². The standard InChI is InChI=1S/C16H23NO3/c1-12(16(18)19-2)17-15(10-13-8-9-20-11-13)14-6-4-3-5-7-14/h3-7,12-13,15,17H,8-11H2,1-2H3. The maximum atomic E-state index is 11.6. The van der Waals surface area contributed by atoms with E-state index >= 15 is 0 Å². The summed E-state index contributed by atoms with van der Waals surface area (Å²) in [6.07, 6.45) is 2.07. The Labute approximate surface area is 120 Å². The highest BCUT2D eigenvalue weighted by Crippen LogP contribution is 2.27. The van der Waals surface area contributed by atoms with Crippen LogP contribution in [0.2, 0.25) is 0 Å². The molecule has 0 radical (unpaired) electrons. The van der Waals surface area contributed by atoms with Crippen molar-refractivity contribution in [1.82, 2.24) is 5.32 Å². The van der Waals surface area contributed by atoms with Crippen LogP contribution in [0, 0.1) is 5.92 Å². The van der Waals surface area contributed by atoms with Gasteiger partial charge in [-0.15, -0.1) is 0 Å². The van der Waals surface area contributed by atoms with Crippen molar-refractivity contribution in [2.24, 2.45) is 5.92 Å². The summed E-state index contributed by atoms with van der Waals surface area (Å²) in [4.78, 5) is 11.6. The third-order valence-corrected chi connectivity index (χ3v) is 3.80. The summed E-state index contributed by atoms with van der Waals surface area (Å²) in [5.41, 5.74) is 1.20. The molecule has 110 valence electrons. The van der Waals surface area contributed by atoms with Crippen LogP contribution in [-0.2, 0) is 14.3 Å². The van der Waals surface area contributed by atoms with E-state index in [9.17, 15) is 4.79 Å². The molecular weight excluding hydrogens is 254 g/mol. The van der Waals surface area contributed by atoms with Crippen LogP contribution < -0.4 is 5.32 Å². The second-order valence-electron chi connectivity index (χ2n) is 5.34. The molecule has 1 N–H and O–H groups in total. The minimum Gasteiger partial charge on any atom is -0.468 e. The third kappa shape index (κ3) is 4.05. The van der Waals surface area contributed by atoms with Crippen molar-refractivity contribution in [3.8, 4) is 0 Å². The normalized spacial score (nSPS) is 21.4. The fourth-order valence-corrected chi connectivity index (χ4v) is 2.63. The van der Waals surface area contributed by atoms with Crippen LogP contribution in [0.4, 0.5) is 0 Å². The van der Waals surface area contributed by atoms with Gasteiger partial charge in [-0.25, -0.2) is 0 Å². The predicted octanol–water partition coefficient (Wildman–Crippen LogP) is 2.31. The summed E-state index contributed by atoms with van der Waals surface area (Å²) in [5, 5.41) is 3.38. The molecule has 3 unspecified atom stereocenters. The van der Waals surface area contributed by atoms with Gasteiger partial charge < -0.3 is 9.47 Å². The highest BCUT2D eigenvalue weighted by atomic mass is 16.5. The van der Waals surface area contributed by atoms with Crippen LogP contribution in [0.25, 0.3) is 0 Å². The highest BCUT2D eigenvalue weighted by Gasteiger charge is 2.25. The van der Waals surface area contributed by atoms with Gasteiger partial charge >= 0.3 is 5.97 Å². The van der Waals surface area contributed by atoms with E-state index in [1.54, 1.807) is 0 Å². The topological polar surface area (TPSA) is 47.6 Å². The SMILES string of the molecule is COC(=O)C(C)NC(CC1CCOC1)c1ccccc1. The van der Waals surface area contributed by atoms with Crippen LogP contribution in [-0.4, -0.2) is 32.3 Å². The molecule has 1 aliphatic rings. The average molecular weight is 277 g/mol. The van der Waals surface area contributed by atoms with Gasteiger partial charge in [0.25, 0.3) is 0 Å². The Bertz CT molecular complexity index is 415. The van der Waals surface area contributed by atoms with Gasteiger partial charge in [0.15, 0.2) is 0 Å². The van der Waals surface area contributed by atoms with E-state index in [0.29, 0.717) is 5.92 Å². The van der Waals surface area contributed by atoms with E-state index < -0.39 is 0 Å². The number of nitrogens with one attached hydrogen (secondary N) is 1. The highest BCUT2D eigenvalue weighted by molar-refractivity contribution is 5.75. The molecule has 1 aliphatic heterocycles. The molecule has 4 heteroatoms. The smallest absolute Gasteiger partial charge is 0.322 e. The lowest BCUT2D eigenvalue weighted by atomic mass is 9.93. The number of hydrogen-bond acceptors (Lipinski definition) is 4. The van der Waals surface area contributed by atoms with E-state index in [2.05, 4.69) is 17.4 Å². The Morgan fingerprint density at radius 1 is 1.45 bits per heavy atom. The molecule has 1 fully saturated rings. The van der Waals surface area contributed by atoms with Crippen LogP contribution >= 0.6 is 0 Å². The van der Waals surface area contributed by atoms with E-state index in [4.69, 9.17) is 9.47 Å². The van der Waals surface area contributed by atoms with Crippen LogP contribution in [0.1, 0.15) is 31.4 Å². The summed E-state index contributed by atoms with van der Waals surface area (Å²) in [5.74, 6) is 0.325. The zero-order valence-corrected chi connectivity index (χ0v) is 12.2. The van der Waals surface area contributed by atoms with E-state index in [1.165, 1.54) is 12.7 Å². The molecule has 0 amide bonds. The number of methoxy groups -OCH3 is 1. The van der Waals surface area contributed by atoms with Gasteiger partial charge in [-0.1, -0.05) is 30.3 Å². The second-order valence-corrected chi connectivity index (χ2v) is 5.34. The van der Waals surface area contributed by atoms with Crippen molar-refractivity contribution in [2.75, 3.05) is 20.3 Å². The summed E-state index contributed by atoms with van der Waals surface area (Å²) in [6.45, 7) is 3.50. The predicted molar refractivity (Wildman–Crippen MR) is 77.3 cm³/mol. The second kappa shape index (κ2) is 7.41. The number of carbonyl (C=O) groups excluding carboxylic acids is 1. The molecule has 2 rings (SSSR count). The number of benzene rings is 1. The van der Waals surface area contributed by atoms with Gasteiger partial charge in [-0.3, -0.25) is 10.1 Å². The molecular formula is C16H23NO3.